The van der Waals surface area contributed by atoms with Crippen molar-refractivity contribution in [2.75, 3.05) is 11.9 Å². The van der Waals surface area contributed by atoms with Crippen molar-refractivity contribution in [1.29, 1.82) is 0 Å². The van der Waals surface area contributed by atoms with Crippen molar-refractivity contribution in [2.24, 2.45) is 0 Å². The summed E-state index contributed by atoms with van der Waals surface area (Å²) in [6.45, 7) is 0.548. The molecule has 3 rings (SSSR count). The summed E-state index contributed by atoms with van der Waals surface area (Å²) in [5.74, 6) is -0.910. The number of nitrogens with zero attached hydrogens (tertiary/aromatic N) is 1. The van der Waals surface area contributed by atoms with Gasteiger partial charge in [0.15, 0.2) is 0 Å². The van der Waals surface area contributed by atoms with E-state index in [1.807, 2.05) is 5.38 Å². The Bertz CT molecular complexity index is 736. The first-order chi connectivity index (χ1) is 11.1. The molecule has 1 unspecified atom stereocenters. The third kappa shape index (κ3) is 3.38. The van der Waals surface area contributed by atoms with Gasteiger partial charge in [0.05, 0.1) is 15.6 Å². The second-order valence-corrected chi connectivity index (χ2v) is 6.60. The van der Waals surface area contributed by atoms with E-state index in [9.17, 15) is 14.0 Å². The molecule has 0 aliphatic carbocycles. The van der Waals surface area contributed by atoms with Gasteiger partial charge in [-0.25, -0.2) is 4.39 Å². The maximum atomic E-state index is 13.1. The molecule has 2 amide bonds. The molecule has 23 heavy (non-hydrogen) atoms. The standard InChI is InChI=1S/C16H14ClFN2O2S/c17-11-9-10(18)5-6-12(11)19-15(21)13-3-1-7-20(13)16(22)14-4-2-8-23-14/h2,4-6,8-9,13H,1,3,7H2,(H,19,21). The Morgan fingerprint density at radius 1 is 1.35 bits per heavy atom. The van der Waals surface area contributed by atoms with Gasteiger partial charge in [-0.1, -0.05) is 17.7 Å². The molecule has 4 nitrogen and oxygen atoms in total. The molecule has 1 aromatic carbocycles. The Morgan fingerprint density at radius 2 is 2.17 bits per heavy atom. The number of benzene rings is 1. The monoisotopic (exact) mass is 352 g/mol. The molecule has 7 heteroatoms. The van der Waals surface area contributed by atoms with Crippen LogP contribution in [0.2, 0.25) is 5.02 Å². The highest BCUT2D eigenvalue weighted by Gasteiger charge is 2.35. The molecule has 1 fully saturated rings. The van der Waals surface area contributed by atoms with Gasteiger partial charge in [-0.2, -0.15) is 0 Å². The number of hydrogen-bond acceptors (Lipinski definition) is 3. The number of halogens is 2. The fraction of sp³-hybridized carbons (Fsp3) is 0.250. The molecular weight excluding hydrogens is 339 g/mol. The van der Waals surface area contributed by atoms with E-state index in [1.54, 1.807) is 17.0 Å². The minimum atomic E-state index is -0.536. The van der Waals surface area contributed by atoms with Crippen LogP contribution in [0, 0.1) is 5.82 Å². The second kappa shape index (κ2) is 6.68. The van der Waals surface area contributed by atoms with Gasteiger partial charge < -0.3 is 10.2 Å². The van der Waals surface area contributed by atoms with E-state index < -0.39 is 11.9 Å². The minimum Gasteiger partial charge on any atom is -0.326 e. The van der Waals surface area contributed by atoms with Gasteiger partial charge in [-0.15, -0.1) is 11.3 Å². The van der Waals surface area contributed by atoms with Crippen molar-refractivity contribution < 1.29 is 14.0 Å². The molecule has 1 aliphatic heterocycles. The number of anilines is 1. The predicted octanol–water partition coefficient (Wildman–Crippen LogP) is 3.78. The minimum absolute atomic E-state index is 0.132. The number of rotatable bonds is 3. The van der Waals surface area contributed by atoms with E-state index in [0.717, 1.165) is 12.5 Å². The summed E-state index contributed by atoms with van der Waals surface area (Å²) in [5.41, 5.74) is 0.341. The van der Waals surface area contributed by atoms with E-state index in [2.05, 4.69) is 5.32 Å². The summed E-state index contributed by atoms with van der Waals surface area (Å²) in [6.07, 6.45) is 1.37. The lowest BCUT2D eigenvalue weighted by atomic mass is 10.2. The lowest BCUT2D eigenvalue weighted by molar-refractivity contribution is -0.119. The Labute approximate surface area is 141 Å². The largest absolute Gasteiger partial charge is 0.326 e. The molecule has 1 aromatic heterocycles. The lowest BCUT2D eigenvalue weighted by Crippen LogP contribution is -2.43. The van der Waals surface area contributed by atoms with E-state index in [-0.39, 0.29) is 16.8 Å². The lowest BCUT2D eigenvalue weighted by Gasteiger charge is -2.23. The zero-order valence-electron chi connectivity index (χ0n) is 12.1. The number of hydrogen-bond donors (Lipinski definition) is 1. The molecule has 1 atom stereocenters. The fourth-order valence-electron chi connectivity index (χ4n) is 2.63. The average molecular weight is 353 g/mol. The predicted molar refractivity (Wildman–Crippen MR) is 88.4 cm³/mol. The molecule has 1 aliphatic rings. The van der Waals surface area contributed by atoms with Crippen LogP contribution in [0.4, 0.5) is 10.1 Å². The van der Waals surface area contributed by atoms with Crippen LogP contribution >= 0.6 is 22.9 Å². The smallest absolute Gasteiger partial charge is 0.264 e. The van der Waals surface area contributed by atoms with Crippen LogP contribution < -0.4 is 5.32 Å². The normalized spacial score (nSPS) is 17.3. The van der Waals surface area contributed by atoms with Crippen LogP contribution in [0.5, 0.6) is 0 Å². The summed E-state index contributed by atoms with van der Waals surface area (Å²) in [7, 11) is 0. The molecule has 0 spiro atoms. The van der Waals surface area contributed by atoms with E-state index in [1.165, 1.54) is 23.5 Å². The molecule has 0 radical (unpaired) electrons. The van der Waals surface area contributed by atoms with Crippen molar-refractivity contribution in [1.82, 2.24) is 4.90 Å². The van der Waals surface area contributed by atoms with Gasteiger partial charge in [0.25, 0.3) is 5.91 Å². The highest BCUT2D eigenvalue weighted by Crippen LogP contribution is 2.26. The van der Waals surface area contributed by atoms with Crippen molar-refractivity contribution >= 4 is 40.4 Å². The van der Waals surface area contributed by atoms with E-state index in [4.69, 9.17) is 11.6 Å². The number of carbonyl (C=O) groups is 2. The topological polar surface area (TPSA) is 49.4 Å². The first-order valence-corrected chi connectivity index (χ1v) is 8.42. The fourth-order valence-corrected chi connectivity index (χ4v) is 3.52. The number of thiophene rings is 1. The van der Waals surface area contributed by atoms with Crippen LogP contribution in [0.15, 0.2) is 35.7 Å². The zero-order valence-corrected chi connectivity index (χ0v) is 13.7. The third-order valence-corrected chi connectivity index (χ3v) is 4.91. The van der Waals surface area contributed by atoms with Gasteiger partial charge in [-0.05, 0) is 42.5 Å². The van der Waals surface area contributed by atoms with Gasteiger partial charge in [0.2, 0.25) is 5.91 Å². The first-order valence-electron chi connectivity index (χ1n) is 7.16. The van der Waals surface area contributed by atoms with E-state index >= 15 is 0 Å². The van der Waals surface area contributed by atoms with Crippen LogP contribution in [0.1, 0.15) is 22.5 Å². The molecular formula is C16H14ClFN2O2S. The summed E-state index contributed by atoms with van der Waals surface area (Å²) in [5, 5.41) is 4.64. The number of amides is 2. The Hall–Kier alpha value is -1.92. The number of likely N-dealkylation sites (tertiary alicyclic amines) is 1. The van der Waals surface area contributed by atoms with Crippen LogP contribution in [-0.4, -0.2) is 29.3 Å². The van der Waals surface area contributed by atoms with Crippen molar-refractivity contribution in [3.05, 3.63) is 51.4 Å². The summed E-state index contributed by atoms with van der Waals surface area (Å²) in [6, 6.07) is 6.80. The zero-order chi connectivity index (χ0) is 16.4. The van der Waals surface area contributed by atoms with Gasteiger partial charge in [-0.3, -0.25) is 9.59 Å². The molecule has 1 saturated heterocycles. The second-order valence-electron chi connectivity index (χ2n) is 5.25. The quantitative estimate of drug-likeness (QED) is 0.913. The summed E-state index contributed by atoms with van der Waals surface area (Å²) < 4.78 is 13.1. The summed E-state index contributed by atoms with van der Waals surface area (Å²) in [4.78, 5) is 27.1. The van der Waals surface area contributed by atoms with Crippen LogP contribution in [0.25, 0.3) is 0 Å². The SMILES string of the molecule is O=C(Nc1ccc(F)cc1Cl)C1CCCN1C(=O)c1cccs1. The summed E-state index contributed by atoms with van der Waals surface area (Å²) >= 11 is 7.28. The Balaban J connectivity index is 1.74. The van der Waals surface area contributed by atoms with Gasteiger partial charge >= 0.3 is 0 Å². The first kappa shape index (κ1) is 16.0. The maximum Gasteiger partial charge on any atom is 0.264 e. The van der Waals surface area contributed by atoms with Crippen molar-refractivity contribution in [2.45, 2.75) is 18.9 Å². The molecule has 0 bridgehead atoms. The third-order valence-electron chi connectivity index (χ3n) is 3.74. The Kier molecular flexibility index (Phi) is 4.63. The number of carbonyl (C=O) groups excluding carboxylic acids is 2. The molecule has 1 N–H and O–H groups in total. The molecule has 2 aromatic rings. The van der Waals surface area contributed by atoms with Crippen LogP contribution in [-0.2, 0) is 4.79 Å². The van der Waals surface area contributed by atoms with Gasteiger partial charge in [0, 0.05) is 6.54 Å². The van der Waals surface area contributed by atoms with Crippen molar-refractivity contribution in [3.8, 4) is 0 Å². The highest BCUT2D eigenvalue weighted by molar-refractivity contribution is 7.12. The highest BCUT2D eigenvalue weighted by atomic mass is 35.5. The maximum absolute atomic E-state index is 13.1. The van der Waals surface area contributed by atoms with Gasteiger partial charge in [0.1, 0.15) is 11.9 Å². The average Bonchev–Trinajstić information content (AvgIpc) is 3.20. The Morgan fingerprint density at radius 3 is 2.87 bits per heavy atom. The molecule has 2 heterocycles. The van der Waals surface area contributed by atoms with Crippen LogP contribution in [0.3, 0.4) is 0 Å². The van der Waals surface area contributed by atoms with E-state index in [0.29, 0.717) is 23.5 Å². The number of nitrogens with one attached hydrogen (secondary N) is 1. The molecule has 0 saturated carbocycles. The van der Waals surface area contributed by atoms with Crippen molar-refractivity contribution in [3.63, 3.8) is 0 Å². The molecule has 120 valence electrons.